The van der Waals surface area contributed by atoms with E-state index in [4.69, 9.17) is 0 Å². The maximum absolute atomic E-state index is 3.77. The largest absolute Gasteiger partial charge is 0.0985 e. The van der Waals surface area contributed by atoms with E-state index >= 15 is 0 Å². The van der Waals surface area contributed by atoms with Gasteiger partial charge in [0.25, 0.3) is 0 Å². The van der Waals surface area contributed by atoms with Crippen LogP contribution in [0.3, 0.4) is 0 Å². The van der Waals surface area contributed by atoms with Crippen LogP contribution in [0.15, 0.2) is 43.0 Å². The lowest BCUT2D eigenvalue weighted by Crippen LogP contribution is -1.80. The standard InChI is InChI=1S/C12H14.C2H6/c1-4-11(5-2)12-8-6-7-10(3)9-12;1-2/h4-9H,1H2,2-3H3;1-2H3/b11-5+;. The zero-order valence-corrected chi connectivity index (χ0v) is 9.67. The van der Waals surface area contributed by atoms with E-state index in [-0.39, 0.29) is 0 Å². The molecule has 0 saturated heterocycles. The summed E-state index contributed by atoms with van der Waals surface area (Å²) in [5, 5.41) is 0. The van der Waals surface area contributed by atoms with Crippen LogP contribution in [0.25, 0.3) is 5.57 Å². The summed E-state index contributed by atoms with van der Waals surface area (Å²) in [6.07, 6.45) is 3.95. The second-order valence-electron chi connectivity index (χ2n) is 2.82. The average molecular weight is 188 g/mol. The van der Waals surface area contributed by atoms with Crippen LogP contribution in [-0.4, -0.2) is 0 Å². The van der Waals surface area contributed by atoms with Crippen molar-refractivity contribution in [3.63, 3.8) is 0 Å². The van der Waals surface area contributed by atoms with Gasteiger partial charge >= 0.3 is 0 Å². The highest BCUT2D eigenvalue weighted by molar-refractivity contribution is 5.73. The number of allylic oxidation sites excluding steroid dienone is 3. The van der Waals surface area contributed by atoms with Crippen LogP contribution in [0, 0.1) is 6.92 Å². The highest BCUT2D eigenvalue weighted by Gasteiger charge is 1.94. The first kappa shape index (κ1) is 12.7. The third-order valence-corrected chi connectivity index (χ3v) is 1.88. The van der Waals surface area contributed by atoms with Gasteiger partial charge in [-0.2, -0.15) is 0 Å². The molecule has 14 heavy (non-hydrogen) atoms. The van der Waals surface area contributed by atoms with Gasteiger partial charge in [0, 0.05) is 0 Å². The molecule has 1 aromatic rings. The van der Waals surface area contributed by atoms with Crippen LogP contribution >= 0.6 is 0 Å². The predicted molar refractivity (Wildman–Crippen MR) is 66.4 cm³/mol. The summed E-state index contributed by atoms with van der Waals surface area (Å²) in [5.74, 6) is 0. The number of benzene rings is 1. The molecule has 0 heterocycles. The van der Waals surface area contributed by atoms with Crippen molar-refractivity contribution >= 4 is 5.57 Å². The van der Waals surface area contributed by atoms with Crippen molar-refractivity contribution in [3.05, 3.63) is 54.1 Å². The molecule has 0 heteroatoms. The Morgan fingerprint density at radius 2 is 1.93 bits per heavy atom. The number of aryl methyl sites for hydroxylation is 1. The van der Waals surface area contributed by atoms with Gasteiger partial charge in [-0.15, -0.1) is 0 Å². The molecular weight excluding hydrogens is 168 g/mol. The quantitative estimate of drug-likeness (QED) is 0.594. The molecule has 0 atom stereocenters. The van der Waals surface area contributed by atoms with Crippen LogP contribution in [0.4, 0.5) is 0 Å². The number of hydrogen-bond acceptors (Lipinski definition) is 0. The van der Waals surface area contributed by atoms with Gasteiger partial charge < -0.3 is 0 Å². The van der Waals surface area contributed by atoms with Crippen molar-refractivity contribution in [2.45, 2.75) is 27.7 Å². The van der Waals surface area contributed by atoms with Gasteiger partial charge in [-0.05, 0) is 25.0 Å². The topological polar surface area (TPSA) is 0 Å². The second-order valence-corrected chi connectivity index (χ2v) is 2.82. The molecule has 0 nitrogen and oxygen atoms in total. The highest BCUT2D eigenvalue weighted by Crippen LogP contribution is 2.15. The van der Waals surface area contributed by atoms with Crippen LogP contribution < -0.4 is 0 Å². The molecule has 0 aromatic heterocycles. The van der Waals surface area contributed by atoms with E-state index in [9.17, 15) is 0 Å². The molecular formula is C14H20. The summed E-state index contributed by atoms with van der Waals surface area (Å²) in [7, 11) is 0. The fraction of sp³-hybridized carbons (Fsp3) is 0.286. The Hall–Kier alpha value is -1.30. The van der Waals surface area contributed by atoms with Gasteiger partial charge in [0.1, 0.15) is 0 Å². The third-order valence-electron chi connectivity index (χ3n) is 1.88. The van der Waals surface area contributed by atoms with Crippen LogP contribution in [-0.2, 0) is 0 Å². The smallest absolute Gasteiger partial charge is 0.0185 e. The fourth-order valence-electron chi connectivity index (χ4n) is 1.23. The third kappa shape index (κ3) is 3.61. The van der Waals surface area contributed by atoms with Gasteiger partial charge in [-0.3, -0.25) is 0 Å². The van der Waals surface area contributed by atoms with Crippen molar-refractivity contribution in [3.8, 4) is 0 Å². The van der Waals surface area contributed by atoms with Crippen LogP contribution in [0.2, 0.25) is 0 Å². The van der Waals surface area contributed by atoms with Gasteiger partial charge in [-0.25, -0.2) is 0 Å². The van der Waals surface area contributed by atoms with Crippen LogP contribution in [0.5, 0.6) is 0 Å². The first-order chi connectivity index (χ1) is 6.77. The van der Waals surface area contributed by atoms with Gasteiger partial charge in [0.2, 0.25) is 0 Å². The summed E-state index contributed by atoms with van der Waals surface area (Å²) >= 11 is 0. The van der Waals surface area contributed by atoms with E-state index in [0.717, 1.165) is 0 Å². The normalized spacial score (nSPS) is 10.1. The maximum atomic E-state index is 3.77. The van der Waals surface area contributed by atoms with Crippen LogP contribution in [0.1, 0.15) is 31.9 Å². The predicted octanol–water partition coefficient (Wildman–Crippen LogP) is 4.61. The van der Waals surface area contributed by atoms with Crippen molar-refractivity contribution in [1.29, 1.82) is 0 Å². The summed E-state index contributed by atoms with van der Waals surface area (Å²) in [4.78, 5) is 0. The highest BCUT2D eigenvalue weighted by atomic mass is 14.0. The molecule has 0 aliphatic carbocycles. The maximum Gasteiger partial charge on any atom is -0.0185 e. The minimum absolute atomic E-state index is 1.19. The Bertz CT molecular complexity index is 306. The Morgan fingerprint density at radius 3 is 2.36 bits per heavy atom. The molecule has 0 aliphatic heterocycles. The molecule has 76 valence electrons. The Balaban J connectivity index is 0.000000791. The van der Waals surface area contributed by atoms with Crippen molar-refractivity contribution in [2.75, 3.05) is 0 Å². The molecule has 0 saturated carbocycles. The lowest BCUT2D eigenvalue weighted by Gasteiger charge is -2.01. The summed E-state index contributed by atoms with van der Waals surface area (Å²) in [5.41, 5.74) is 3.72. The molecule has 1 aromatic carbocycles. The zero-order valence-electron chi connectivity index (χ0n) is 9.67. The molecule has 0 amide bonds. The molecule has 0 aliphatic rings. The molecule has 0 bridgehead atoms. The molecule has 0 radical (unpaired) electrons. The molecule has 0 unspecified atom stereocenters. The Labute approximate surface area is 88.0 Å². The van der Waals surface area contributed by atoms with Crippen molar-refractivity contribution in [1.82, 2.24) is 0 Å². The van der Waals surface area contributed by atoms with E-state index in [1.54, 1.807) is 0 Å². The molecule has 1 rings (SSSR count). The van der Waals surface area contributed by atoms with Crippen molar-refractivity contribution in [2.24, 2.45) is 0 Å². The van der Waals surface area contributed by atoms with Gasteiger partial charge in [0.15, 0.2) is 0 Å². The number of hydrogen-bond donors (Lipinski definition) is 0. The second kappa shape index (κ2) is 7.14. The van der Waals surface area contributed by atoms with E-state index in [1.807, 2.05) is 26.8 Å². The summed E-state index contributed by atoms with van der Waals surface area (Å²) in [6, 6.07) is 8.43. The van der Waals surface area contributed by atoms with E-state index in [1.165, 1.54) is 16.7 Å². The SMILES string of the molecule is C=C/C(=C\C)c1cccc(C)c1.CC. The Morgan fingerprint density at radius 1 is 1.29 bits per heavy atom. The van der Waals surface area contributed by atoms with Gasteiger partial charge in [-0.1, -0.05) is 62.4 Å². The fourth-order valence-corrected chi connectivity index (χ4v) is 1.23. The monoisotopic (exact) mass is 188 g/mol. The minimum Gasteiger partial charge on any atom is -0.0985 e. The zero-order chi connectivity index (χ0) is 11.0. The first-order valence-corrected chi connectivity index (χ1v) is 5.13. The lowest BCUT2D eigenvalue weighted by atomic mass is 10.0. The first-order valence-electron chi connectivity index (χ1n) is 5.13. The molecule has 0 spiro atoms. The summed E-state index contributed by atoms with van der Waals surface area (Å²) in [6.45, 7) is 11.9. The van der Waals surface area contributed by atoms with E-state index in [0.29, 0.717) is 0 Å². The lowest BCUT2D eigenvalue weighted by molar-refractivity contribution is 1.45. The Kier molecular flexibility index (Phi) is 6.47. The minimum atomic E-state index is 1.19. The molecule has 0 N–H and O–H groups in total. The molecule has 0 fully saturated rings. The van der Waals surface area contributed by atoms with Gasteiger partial charge in [0.05, 0.1) is 0 Å². The van der Waals surface area contributed by atoms with E-state index in [2.05, 4.69) is 43.8 Å². The number of rotatable bonds is 2. The van der Waals surface area contributed by atoms with Crippen molar-refractivity contribution < 1.29 is 0 Å². The average Bonchev–Trinajstić information content (AvgIpc) is 2.23. The van der Waals surface area contributed by atoms with E-state index < -0.39 is 0 Å². The summed E-state index contributed by atoms with van der Waals surface area (Å²) < 4.78 is 0.